The number of rotatable bonds is 6. The molecule has 11 aromatic carbocycles. The molecule has 14 rings (SSSR count). The van der Waals surface area contributed by atoms with Gasteiger partial charge in [0.25, 0.3) is 0 Å². The highest BCUT2D eigenvalue weighted by Crippen LogP contribution is 2.63. The smallest absolute Gasteiger partial charge is 0.0726 e. The molecular weight excluding hydrogens is 827 g/mol. The first kappa shape index (κ1) is 38.0. The van der Waals surface area contributed by atoms with E-state index < -0.39 is 5.41 Å². The zero-order valence-electron chi connectivity index (χ0n) is 36.5. The van der Waals surface area contributed by atoms with Crippen LogP contribution in [-0.4, -0.2) is 0 Å². The van der Waals surface area contributed by atoms with Crippen molar-refractivity contribution in [2.24, 2.45) is 0 Å². The second kappa shape index (κ2) is 14.9. The fourth-order valence-corrected chi connectivity index (χ4v) is 13.0. The fraction of sp³-hybridized carbons (Fsp3) is 0.0154. The van der Waals surface area contributed by atoms with Crippen LogP contribution < -0.4 is 4.90 Å². The van der Waals surface area contributed by atoms with Gasteiger partial charge in [-0.25, -0.2) is 0 Å². The molecule has 0 N–H and O–H groups in total. The van der Waals surface area contributed by atoms with Gasteiger partial charge in [0, 0.05) is 42.6 Å². The molecule has 2 aliphatic rings. The maximum Gasteiger partial charge on any atom is 0.0726 e. The molecule has 1 aromatic heterocycles. The molecule has 0 aliphatic heterocycles. The van der Waals surface area contributed by atoms with E-state index in [0.717, 1.165) is 17.1 Å². The van der Waals surface area contributed by atoms with Gasteiger partial charge < -0.3 is 4.90 Å². The van der Waals surface area contributed by atoms with Crippen molar-refractivity contribution in [3.05, 3.63) is 271 Å². The molecule has 1 spiro atoms. The minimum atomic E-state index is -0.444. The Hall–Kier alpha value is -8.30. The van der Waals surface area contributed by atoms with Gasteiger partial charge in [-0.1, -0.05) is 206 Å². The maximum atomic E-state index is 2.49. The van der Waals surface area contributed by atoms with Crippen LogP contribution in [0.25, 0.3) is 86.6 Å². The average molecular weight is 868 g/mol. The van der Waals surface area contributed by atoms with Crippen LogP contribution in [0.5, 0.6) is 0 Å². The van der Waals surface area contributed by atoms with Crippen molar-refractivity contribution in [1.29, 1.82) is 0 Å². The van der Waals surface area contributed by atoms with Gasteiger partial charge in [0.15, 0.2) is 0 Å². The summed E-state index contributed by atoms with van der Waals surface area (Å²) >= 11 is 1.90. The minimum absolute atomic E-state index is 0.444. The number of hydrogen-bond donors (Lipinski definition) is 0. The van der Waals surface area contributed by atoms with Crippen LogP contribution in [0.15, 0.2) is 249 Å². The van der Waals surface area contributed by atoms with E-state index in [-0.39, 0.29) is 0 Å². The molecule has 2 heteroatoms. The molecule has 67 heavy (non-hydrogen) atoms. The van der Waals surface area contributed by atoms with E-state index in [0.29, 0.717) is 0 Å². The second-order valence-electron chi connectivity index (χ2n) is 17.9. The first-order valence-electron chi connectivity index (χ1n) is 23.2. The van der Waals surface area contributed by atoms with Crippen LogP contribution in [0.4, 0.5) is 17.1 Å². The molecule has 0 unspecified atom stereocenters. The number of hydrogen-bond acceptors (Lipinski definition) is 2. The van der Waals surface area contributed by atoms with E-state index in [4.69, 9.17) is 0 Å². The van der Waals surface area contributed by atoms with E-state index >= 15 is 0 Å². The summed E-state index contributed by atoms with van der Waals surface area (Å²) < 4.78 is 2.64. The predicted molar refractivity (Wildman–Crippen MR) is 284 cm³/mol. The Morgan fingerprint density at radius 1 is 0.299 bits per heavy atom. The van der Waals surface area contributed by atoms with Crippen LogP contribution in [0.1, 0.15) is 22.3 Å². The van der Waals surface area contributed by atoms with Gasteiger partial charge in [0.2, 0.25) is 0 Å². The highest BCUT2D eigenvalue weighted by atomic mass is 32.1. The topological polar surface area (TPSA) is 3.24 Å². The molecule has 0 atom stereocenters. The highest BCUT2D eigenvalue weighted by molar-refractivity contribution is 7.26. The Bertz CT molecular complexity index is 3840. The normalized spacial score (nSPS) is 12.9. The summed E-state index contributed by atoms with van der Waals surface area (Å²) in [5.41, 5.74) is 20.8. The van der Waals surface area contributed by atoms with Gasteiger partial charge in [-0.2, -0.15) is 0 Å². The lowest BCUT2D eigenvalue weighted by Crippen LogP contribution is -2.26. The fourth-order valence-electron chi connectivity index (χ4n) is 11.7. The number of thiophene rings is 1. The van der Waals surface area contributed by atoms with Crippen molar-refractivity contribution < 1.29 is 0 Å². The Morgan fingerprint density at radius 2 is 0.731 bits per heavy atom. The zero-order chi connectivity index (χ0) is 44.1. The van der Waals surface area contributed by atoms with Crippen molar-refractivity contribution in [1.82, 2.24) is 0 Å². The van der Waals surface area contributed by atoms with Gasteiger partial charge in [-0.15, -0.1) is 11.3 Å². The van der Waals surface area contributed by atoms with Gasteiger partial charge >= 0.3 is 0 Å². The largest absolute Gasteiger partial charge is 0.310 e. The van der Waals surface area contributed by atoms with Crippen LogP contribution in [0, 0.1) is 0 Å². The van der Waals surface area contributed by atoms with Crippen molar-refractivity contribution in [3.63, 3.8) is 0 Å². The third-order valence-electron chi connectivity index (χ3n) is 14.5. The number of fused-ring (bicyclic) bond motifs is 15. The Morgan fingerprint density at radius 3 is 1.34 bits per heavy atom. The molecule has 0 saturated heterocycles. The van der Waals surface area contributed by atoms with Crippen LogP contribution in [0.2, 0.25) is 0 Å². The molecule has 1 heterocycles. The predicted octanol–water partition coefficient (Wildman–Crippen LogP) is 18.0. The third kappa shape index (κ3) is 5.54. The Kier molecular flexibility index (Phi) is 8.44. The quantitative estimate of drug-likeness (QED) is 0.161. The van der Waals surface area contributed by atoms with Crippen LogP contribution in [-0.2, 0) is 5.41 Å². The van der Waals surface area contributed by atoms with E-state index in [1.54, 1.807) is 0 Å². The molecule has 12 aromatic rings. The highest BCUT2D eigenvalue weighted by Gasteiger charge is 2.51. The van der Waals surface area contributed by atoms with Gasteiger partial charge in [-0.3, -0.25) is 0 Å². The summed E-state index contributed by atoms with van der Waals surface area (Å²) in [6.07, 6.45) is 0. The summed E-state index contributed by atoms with van der Waals surface area (Å²) in [5.74, 6) is 0. The second-order valence-corrected chi connectivity index (χ2v) is 18.9. The van der Waals surface area contributed by atoms with Crippen LogP contribution >= 0.6 is 11.3 Å². The molecule has 312 valence electrons. The summed E-state index contributed by atoms with van der Waals surface area (Å²) in [6.45, 7) is 0. The van der Waals surface area contributed by atoms with Gasteiger partial charge in [0.1, 0.15) is 0 Å². The minimum Gasteiger partial charge on any atom is -0.310 e. The molecule has 1 nitrogen and oxygen atoms in total. The van der Waals surface area contributed by atoms with Crippen molar-refractivity contribution in [2.45, 2.75) is 5.41 Å². The van der Waals surface area contributed by atoms with Crippen molar-refractivity contribution in [2.75, 3.05) is 4.90 Å². The summed E-state index contributed by atoms with van der Waals surface area (Å²) in [7, 11) is 0. The lowest BCUT2D eigenvalue weighted by Gasteiger charge is -2.32. The number of benzene rings is 11. The van der Waals surface area contributed by atoms with Gasteiger partial charge in [-0.05, 0) is 126 Å². The summed E-state index contributed by atoms with van der Waals surface area (Å²) in [6, 6.07) is 92.4. The molecule has 0 radical (unpaired) electrons. The Labute approximate surface area is 394 Å². The summed E-state index contributed by atoms with van der Waals surface area (Å²) in [5, 5.41) is 5.19. The number of nitrogens with zero attached hydrogens (tertiary/aromatic N) is 1. The first-order chi connectivity index (χ1) is 33.3. The van der Waals surface area contributed by atoms with Gasteiger partial charge in [0.05, 0.1) is 5.41 Å². The lowest BCUT2D eigenvalue weighted by molar-refractivity contribution is 0.793. The average Bonchev–Trinajstić information content (AvgIpc) is 4.04. The van der Waals surface area contributed by atoms with E-state index in [9.17, 15) is 0 Å². The third-order valence-corrected chi connectivity index (χ3v) is 15.7. The van der Waals surface area contributed by atoms with E-state index in [1.807, 2.05) is 11.3 Å². The molecule has 2 aliphatic carbocycles. The maximum absolute atomic E-state index is 2.49. The molecule has 0 bridgehead atoms. The lowest BCUT2D eigenvalue weighted by atomic mass is 9.70. The monoisotopic (exact) mass is 867 g/mol. The van der Waals surface area contributed by atoms with Crippen LogP contribution in [0.3, 0.4) is 0 Å². The SMILES string of the molecule is c1ccc(-c2ccc(N(c3ccc(-c4c(-c5ccccc5)c5ccccc5c5sc6ccccc6c45)cc3)c3ccc4c(c3)C3(c5ccccc5-c5ccccc53)c3ccccc3-4)cc2)cc1. The summed E-state index contributed by atoms with van der Waals surface area (Å²) in [4.78, 5) is 2.45. The van der Waals surface area contributed by atoms with Crippen molar-refractivity contribution >= 4 is 59.3 Å². The first-order valence-corrected chi connectivity index (χ1v) is 24.0. The Balaban J connectivity index is 0.996. The van der Waals surface area contributed by atoms with E-state index in [2.05, 4.69) is 254 Å². The number of anilines is 3. The van der Waals surface area contributed by atoms with E-state index in [1.165, 1.54) is 109 Å². The molecular formula is C65H41NS. The standard InChI is InChI=1S/C65H41NS/c1-3-17-42(18-4-1)43-31-35-46(36-32-43)66(48-39-40-52-51-23-11-15-29-58(51)65(59(52)41-48)56-27-13-9-21-49(56)50-22-10-14-28-57(50)65)47-37-33-45(34-38-47)62-61(44-19-5-2-6-20-44)53-24-7-8-25-54(53)64-63(62)55-26-12-16-30-60(55)67-64/h1-41H. The molecule has 0 saturated carbocycles. The molecule has 0 fully saturated rings. The zero-order valence-corrected chi connectivity index (χ0v) is 37.3. The van der Waals surface area contributed by atoms with Crippen molar-refractivity contribution in [3.8, 4) is 55.6 Å². The molecule has 0 amide bonds.